The first-order chi connectivity index (χ1) is 8.65. The molecule has 102 valence electrons. The average molecular weight is 317 g/mol. The molecule has 3 N–H and O–H groups in total. The van der Waals surface area contributed by atoms with Gasteiger partial charge in [-0.1, -0.05) is 45.2 Å². The van der Waals surface area contributed by atoms with Crippen molar-refractivity contribution in [3.05, 3.63) is 34.1 Å². The molecule has 0 fully saturated rings. The van der Waals surface area contributed by atoms with Crippen LogP contribution in [0, 0.1) is 11.7 Å². The Morgan fingerprint density at radius 1 is 1.39 bits per heavy atom. The summed E-state index contributed by atoms with van der Waals surface area (Å²) in [6, 6.07) is 5.23. The summed E-state index contributed by atoms with van der Waals surface area (Å²) in [5.41, 5.74) is 3.43. The van der Waals surface area contributed by atoms with E-state index in [1.807, 2.05) is 6.07 Å². The zero-order chi connectivity index (χ0) is 13.5. The van der Waals surface area contributed by atoms with Crippen LogP contribution in [-0.4, -0.2) is 0 Å². The monoisotopic (exact) mass is 316 g/mol. The van der Waals surface area contributed by atoms with E-state index in [-0.39, 0.29) is 11.9 Å². The maximum absolute atomic E-state index is 14.1. The van der Waals surface area contributed by atoms with Crippen LogP contribution in [0.4, 0.5) is 4.39 Å². The van der Waals surface area contributed by atoms with Crippen molar-refractivity contribution in [1.29, 1.82) is 0 Å². The van der Waals surface area contributed by atoms with Gasteiger partial charge in [-0.2, -0.15) is 0 Å². The smallest absolute Gasteiger partial charge is 0.142 e. The summed E-state index contributed by atoms with van der Waals surface area (Å²) in [6.45, 7) is 4.29. The molecule has 0 radical (unpaired) electrons. The summed E-state index contributed by atoms with van der Waals surface area (Å²) in [5, 5.41) is 0. The Kier molecular flexibility index (Phi) is 6.82. The molecule has 2 unspecified atom stereocenters. The molecule has 0 spiro atoms. The molecule has 0 heterocycles. The van der Waals surface area contributed by atoms with Crippen LogP contribution in [0.25, 0.3) is 0 Å². The van der Waals surface area contributed by atoms with Crippen molar-refractivity contribution in [3.8, 4) is 0 Å². The number of nitrogens with two attached hydrogens (primary N) is 1. The fourth-order valence-corrected chi connectivity index (χ4v) is 2.69. The van der Waals surface area contributed by atoms with Crippen molar-refractivity contribution < 1.29 is 4.39 Å². The van der Waals surface area contributed by atoms with Crippen molar-refractivity contribution in [2.75, 3.05) is 0 Å². The number of nitrogens with one attached hydrogen (secondary N) is 1. The minimum Gasteiger partial charge on any atom is -0.271 e. The van der Waals surface area contributed by atoms with Gasteiger partial charge in [-0.05, 0) is 34.3 Å². The van der Waals surface area contributed by atoms with Gasteiger partial charge in [-0.25, -0.2) is 4.39 Å². The quantitative estimate of drug-likeness (QED) is 0.581. The van der Waals surface area contributed by atoms with Gasteiger partial charge in [-0.3, -0.25) is 11.3 Å². The molecule has 4 heteroatoms. The second kappa shape index (κ2) is 7.87. The summed E-state index contributed by atoms with van der Waals surface area (Å²) in [6.07, 6.45) is 4.34. The first-order valence-electron chi connectivity index (χ1n) is 6.55. The summed E-state index contributed by atoms with van der Waals surface area (Å²) >= 11 is 3.22. The van der Waals surface area contributed by atoms with E-state index >= 15 is 0 Å². The molecule has 1 aromatic rings. The van der Waals surface area contributed by atoms with Crippen molar-refractivity contribution in [2.45, 2.75) is 45.6 Å². The molecule has 0 saturated carbocycles. The van der Waals surface area contributed by atoms with E-state index in [1.54, 1.807) is 12.1 Å². The minimum atomic E-state index is -0.213. The van der Waals surface area contributed by atoms with E-state index in [0.29, 0.717) is 16.0 Å². The van der Waals surface area contributed by atoms with Gasteiger partial charge in [0.2, 0.25) is 0 Å². The maximum Gasteiger partial charge on any atom is 0.142 e. The Morgan fingerprint density at radius 3 is 2.67 bits per heavy atom. The number of unbranched alkanes of at least 4 members (excludes halogenated alkanes) is 1. The zero-order valence-corrected chi connectivity index (χ0v) is 12.6. The fourth-order valence-electron chi connectivity index (χ4n) is 2.31. The van der Waals surface area contributed by atoms with Gasteiger partial charge in [0, 0.05) is 5.56 Å². The van der Waals surface area contributed by atoms with Gasteiger partial charge >= 0.3 is 0 Å². The zero-order valence-electron chi connectivity index (χ0n) is 11.0. The lowest BCUT2D eigenvalue weighted by Gasteiger charge is -2.26. The van der Waals surface area contributed by atoms with Gasteiger partial charge in [0.25, 0.3) is 0 Å². The van der Waals surface area contributed by atoms with Crippen LogP contribution in [0.2, 0.25) is 0 Å². The molecule has 0 saturated heterocycles. The second-order valence-electron chi connectivity index (χ2n) is 4.60. The Hall–Kier alpha value is -0.450. The Morgan fingerprint density at radius 2 is 2.11 bits per heavy atom. The number of hydrogen-bond acceptors (Lipinski definition) is 2. The molecular weight excluding hydrogens is 295 g/mol. The van der Waals surface area contributed by atoms with Crippen molar-refractivity contribution in [3.63, 3.8) is 0 Å². The lowest BCUT2D eigenvalue weighted by Crippen LogP contribution is -2.34. The van der Waals surface area contributed by atoms with E-state index in [2.05, 4.69) is 35.2 Å². The van der Waals surface area contributed by atoms with Crippen LogP contribution in [-0.2, 0) is 0 Å². The number of rotatable bonds is 7. The van der Waals surface area contributed by atoms with Gasteiger partial charge in [0.05, 0.1) is 10.5 Å². The predicted octanol–water partition coefficient (Wildman–Crippen LogP) is 4.31. The van der Waals surface area contributed by atoms with Crippen molar-refractivity contribution in [1.82, 2.24) is 5.43 Å². The Bertz CT molecular complexity index is 371. The molecule has 0 aromatic heterocycles. The van der Waals surface area contributed by atoms with Crippen LogP contribution < -0.4 is 11.3 Å². The van der Waals surface area contributed by atoms with Crippen LogP contribution in [0.3, 0.4) is 0 Å². The standard InChI is InChI=1S/C14H22BrFN2/c1-3-5-7-10(4-2)14(18-17)11-8-6-9-12(15)13(11)16/h6,8-10,14,18H,3-5,7,17H2,1-2H3. The van der Waals surface area contributed by atoms with Crippen LogP contribution in [0.15, 0.2) is 22.7 Å². The topological polar surface area (TPSA) is 38.0 Å². The summed E-state index contributed by atoms with van der Waals surface area (Å²) in [4.78, 5) is 0. The van der Waals surface area contributed by atoms with E-state index in [9.17, 15) is 4.39 Å². The lowest BCUT2D eigenvalue weighted by molar-refractivity contribution is 0.319. The Labute approximate surface area is 117 Å². The third-order valence-electron chi connectivity index (χ3n) is 3.42. The number of hydrogen-bond donors (Lipinski definition) is 2. The molecule has 1 rings (SSSR count). The van der Waals surface area contributed by atoms with E-state index < -0.39 is 0 Å². The third kappa shape index (κ3) is 3.77. The average Bonchev–Trinajstić information content (AvgIpc) is 2.38. The molecule has 0 amide bonds. The molecule has 2 atom stereocenters. The normalized spacial score (nSPS) is 14.5. The molecular formula is C14H22BrFN2. The lowest BCUT2D eigenvalue weighted by atomic mass is 9.87. The first-order valence-corrected chi connectivity index (χ1v) is 7.35. The summed E-state index contributed by atoms with van der Waals surface area (Å²) < 4.78 is 14.6. The predicted molar refractivity (Wildman–Crippen MR) is 77.5 cm³/mol. The van der Waals surface area contributed by atoms with Crippen molar-refractivity contribution in [2.24, 2.45) is 11.8 Å². The van der Waals surface area contributed by atoms with Gasteiger partial charge < -0.3 is 0 Å². The molecule has 2 nitrogen and oxygen atoms in total. The summed E-state index contributed by atoms with van der Waals surface area (Å²) in [5.74, 6) is 5.79. The minimum absolute atomic E-state index is 0.126. The number of halogens is 2. The molecule has 18 heavy (non-hydrogen) atoms. The number of benzene rings is 1. The largest absolute Gasteiger partial charge is 0.271 e. The second-order valence-corrected chi connectivity index (χ2v) is 5.45. The van der Waals surface area contributed by atoms with Crippen LogP contribution in [0.5, 0.6) is 0 Å². The van der Waals surface area contributed by atoms with Gasteiger partial charge in [-0.15, -0.1) is 0 Å². The molecule has 0 bridgehead atoms. The number of hydrazine groups is 1. The van der Waals surface area contributed by atoms with Crippen molar-refractivity contribution >= 4 is 15.9 Å². The molecule has 1 aromatic carbocycles. The van der Waals surface area contributed by atoms with Crippen LogP contribution in [0.1, 0.15) is 51.1 Å². The molecule has 0 aliphatic rings. The van der Waals surface area contributed by atoms with Crippen LogP contribution >= 0.6 is 15.9 Å². The highest BCUT2D eigenvalue weighted by atomic mass is 79.9. The third-order valence-corrected chi connectivity index (χ3v) is 4.03. The Balaban J connectivity index is 2.96. The maximum atomic E-state index is 14.1. The van der Waals surface area contributed by atoms with Gasteiger partial charge in [0.1, 0.15) is 5.82 Å². The molecule has 0 aliphatic carbocycles. The highest BCUT2D eigenvalue weighted by molar-refractivity contribution is 9.10. The molecule has 0 aliphatic heterocycles. The summed E-state index contributed by atoms with van der Waals surface area (Å²) in [7, 11) is 0. The fraction of sp³-hybridized carbons (Fsp3) is 0.571. The first kappa shape index (κ1) is 15.6. The van der Waals surface area contributed by atoms with E-state index in [1.165, 1.54) is 0 Å². The van der Waals surface area contributed by atoms with E-state index in [0.717, 1.165) is 25.7 Å². The SMILES string of the molecule is CCCCC(CC)C(NN)c1cccc(Br)c1F. The van der Waals surface area contributed by atoms with E-state index in [4.69, 9.17) is 5.84 Å². The highest BCUT2D eigenvalue weighted by Gasteiger charge is 2.23. The highest BCUT2D eigenvalue weighted by Crippen LogP contribution is 2.32. The van der Waals surface area contributed by atoms with Gasteiger partial charge in [0.15, 0.2) is 0 Å².